The lowest BCUT2D eigenvalue weighted by Crippen LogP contribution is -2.26. The number of carbonyl (C=O) groups excluding carboxylic acids is 1. The van der Waals surface area contributed by atoms with Gasteiger partial charge >= 0.3 is 0 Å². The fourth-order valence-electron chi connectivity index (χ4n) is 2.74. The fourth-order valence-corrected chi connectivity index (χ4v) is 3.89. The van der Waals surface area contributed by atoms with Gasteiger partial charge in [-0.1, -0.05) is 6.07 Å². The number of halogens is 2. The monoisotopic (exact) mass is 321 g/mol. The first-order valence-corrected chi connectivity index (χ1v) is 8.23. The van der Waals surface area contributed by atoms with Crippen molar-refractivity contribution in [1.29, 1.82) is 0 Å². The van der Waals surface area contributed by atoms with E-state index in [1.807, 2.05) is 6.07 Å². The van der Waals surface area contributed by atoms with Crippen molar-refractivity contribution in [2.75, 3.05) is 0 Å². The Kier molecular flexibility index (Phi) is 4.25. The van der Waals surface area contributed by atoms with Crippen LogP contribution in [-0.4, -0.2) is 5.91 Å². The Morgan fingerprint density at radius 3 is 2.68 bits per heavy atom. The Bertz CT molecular complexity index is 687. The smallest absolute Gasteiger partial charge is 0.261 e. The van der Waals surface area contributed by atoms with Crippen LogP contribution in [0.2, 0.25) is 0 Å². The van der Waals surface area contributed by atoms with Crippen molar-refractivity contribution in [1.82, 2.24) is 5.32 Å². The van der Waals surface area contributed by atoms with E-state index in [1.165, 1.54) is 29.3 Å². The number of fused-ring (bicyclic) bond motifs is 1. The molecule has 5 heteroatoms. The molecule has 0 aliphatic heterocycles. The minimum absolute atomic E-state index is 0.156. The zero-order chi connectivity index (χ0) is 15.7. The summed E-state index contributed by atoms with van der Waals surface area (Å²) in [6.07, 6.45) is 4.44. The fraction of sp³-hybridized carbons (Fsp3) is 0.353. The largest absolute Gasteiger partial charge is 0.345 e. The quantitative estimate of drug-likeness (QED) is 0.892. The van der Waals surface area contributed by atoms with E-state index in [0.717, 1.165) is 25.0 Å². The Morgan fingerprint density at radius 1 is 1.18 bits per heavy atom. The highest BCUT2D eigenvalue weighted by Gasteiger charge is 2.19. The van der Waals surface area contributed by atoms with Gasteiger partial charge in [0.15, 0.2) is 11.6 Å². The van der Waals surface area contributed by atoms with Crippen LogP contribution in [0, 0.1) is 11.6 Å². The SMILES string of the molecule is CC(NC(=O)c1cc2c(s1)CCCC2)c1ccc(F)c(F)c1. The third-order valence-corrected chi connectivity index (χ3v) is 5.25. The number of nitrogens with one attached hydrogen (secondary N) is 1. The molecule has 1 aliphatic rings. The highest BCUT2D eigenvalue weighted by atomic mass is 32.1. The first-order chi connectivity index (χ1) is 10.5. The van der Waals surface area contributed by atoms with Crippen LogP contribution in [0.4, 0.5) is 8.78 Å². The molecule has 0 fully saturated rings. The number of benzene rings is 1. The van der Waals surface area contributed by atoms with E-state index in [9.17, 15) is 13.6 Å². The van der Waals surface area contributed by atoms with E-state index in [-0.39, 0.29) is 11.9 Å². The lowest BCUT2D eigenvalue weighted by Gasteiger charge is -2.13. The molecular formula is C17H17F2NOS. The van der Waals surface area contributed by atoms with Gasteiger partial charge in [0, 0.05) is 4.88 Å². The van der Waals surface area contributed by atoms with E-state index in [2.05, 4.69) is 5.32 Å². The van der Waals surface area contributed by atoms with Gasteiger partial charge in [-0.3, -0.25) is 4.79 Å². The standard InChI is InChI=1S/C17H17F2NOS/c1-10(11-6-7-13(18)14(19)8-11)20-17(21)16-9-12-4-2-3-5-15(12)22-16/h6-10H,2-5H2,1H3,(H,20,21). The van der Waals surface area contributed by atoms with Gasteiger partial charge in [-0.05, 0) is 61.9 Å². The molecule has 2 aromatic rings. The molecule has 0 spiro atoms. The molecule has 0 bridgehead atoms. The summed E-state index contributed by atoms with van der Waals surface area (Å²) >= 11 is 1.54. The van der Waals surface area contributed by atoms with E-state index in [0.29, 0.717) is 10.4 Å². The lowest BCUT2D eigenvalue weighted by molar-refractivity contribution is 0.0944. The van der Waals surface area contributed by atoms with Crippen molar-refractivity contribution in [3.63, 3.8) is 0 Å². The van der Waals surface area contributed by atoms with Crippen LogP contribution in [0.3, 0.4) is 0 Å². The second-order valence-corrected chi connectivity index (χ2v) is 6.77. The minimum atomic E-state index is -0.898. The van der Waals surface area contributed by atoms with Crippen LogP contribution in [0.15, 0.2) is 24.3 Å². The first-order valence-electron chi connectivity index (χ1n) is 7.42. The summed E-state index contributed by atoms with van der Waals surface area (Å²) in [5, 5.41) is 2.85. The molecule has 0 saturated heterocycles. The van der Waals surface area contributed by atoms with Gasteiger partial charge in [0.05, 0.1) is 10.9 Å². The maximum absolute atomic E-state index is 13.3. The molecule has 1 aromatic heterocycles. The Hall–Kier alpha value is -1.75. The summed E-state index contributed by atoms with van der Waals surface area (Å²) in [5.41, 5.74) is 1.83. The van der Waals surface area contributed by atoms with Gasteiger partial charge in [0.25, 0.3) is 5.91 Å². The summed E-state index contributed by atoms with van der Waals surface area (Å²) in [4.78, 5) is 14.3. The Morgan fingerprint density at radius 2 is 1.95 bits per heavy atom. The number of thiophene rings is 1. The number of carbonyl (C=O) groups is 1. The van der Waals surface area contributed by atoms with Crippen molar-refractivity contribution in [3.8, 4) is 0 Å². The topological polar surface area (TPSA) is 29.1 Å². The van der Waals surface area contributed by atoms with Crippen molar-refractivity contribution in [3.05, 3.63) is 56.8 Å². The van der Waals surface area contributed by atoms with E-state index in [4.69, 9.17) is 0 Å². The summed E-state index contributed by atoms with van der Waals surface area (Å²) in [5.74, 6) is -1.94. The van der Waals surface area contributed by atoms with Crippen molar-refractivity contribution in [2.24, 2.45) is 0 Å². The molecule has 0 saturated carbocycles. The summed E-state index contributed by atoms with van der Waals surface area (Å²) in [6.45, 7) is 1.76. The predicted octanol–water partition coefficient (Wildman–Crippen LogP) is 4.40. The minimum Gasteiger partial charge on any atom is -0.345 e. The van der Waals surface area contributed by atoms with Crippen molar-refractivity contribution in [2.45, 2.75) is 38.6 Å². The van der Waals surface area contributed by atoms with Gasteiger partial charge < -0.3 is 5.32 Å². The third-order valence-electron chi connectivity index (χ3n) is 4.01. The molecule has 1 aromatic carbocycles. The molecular weight excluding hydrogens is 304 g/mol. The number of amides is 1. The molecule has 1 N–H and O–H groups in total. The van der Waals surface area contributed by atoms with Crippen LogP contribution < -0.4 is 5.32 Å². The zero-order valence-electron chi connectivity index (χ0n) is 12.3. The van der Waals surface area contributed by atoms with Gasteiger partial charge in [-0.15, -0.1) is 11.3 Å². The van der Waals surface area contributed by atoms with Crippen LogP contribution in [0.1, 0.15) is 51.5 Å². The average molecular weight is 321 g/mol. The predicted molar refractivity (Wildman–Crippen MR) is 83.2 cm³/mol. The van der Waals surface area contributed by atoms with Gasteiger partial charge in [0.2, 0.25) is 0 Å². The van der Waals surface area contributed by atoms with E-state index >= 15 is 0 Å². The van der Waals surface area contributed by atoms with Crippen LogP contribution >= 0.6 is 11.3 Å². The van der Waals surface area contributed by atoms with Crippen molar-refractivity contribution >= 4 is 17.2 Å². The van der Waals surface area contributed by atoms with E-state index in [1.54, 1.807) is 18.3 Å². The zero-order valence-corrected chi connectivity index (χ0v) is 13.1. The second-order valence-electron chi connectivity index (χ2n) is 5.63. The Balaban J connectivity index is 1.73. The molecule has 1 amide bonds. The number of aryl methyl sites for hydroxylation is 2. The maximum atomic E-state index is 13.3. The van der Waals surface area contributed by atoms with Gasteiger partial charge in [-0.25, -0.2) is 8.78 Å². The normalized spacial score (nSPS) is 15.2. The second kappa shape index (κ2) is 6.16. The highest BCUT2D eigenvalue weighted by molar-refractivity contribution is 7.14. The lowest BCUT2D eigenvalue weighted by atomic mass is 9.99. The van der Waals surface area contributed by atoms with Crippen LogP contribution in [-0.2, 0) is 12.8 Å². The highest BCUT2D eigenvalue weighted by Crippen LogP contribution is 2.30. The first kappa shape index (κ1) is 15.2. The Labute approximate surface area is 132 Å². The van der Waals surface area contributed by atoms with E-state index < -0.39 is 11.6 Å². The average Bonchev–Trinajstić information content (AvgIpc) is 2.94. The molecule has 1 unspecified atom stereocenters. The summed E-state index contributed by atoms with van der Waals surface area (Å²) < 4.78 is 26.2. The molecule has 1 atom stereocenters. The van der Waals surface area contributed by atoms with Crippen LogP contribution in [0.5, 0.6) is 0 Å². The van der Waals surface area contributed by atoms with Crippen molar-refractivity contribution < 1.29 is 13.6 Å². The molecule has 116 valence electrons. The molecule has 0 radical (unpaired) electrons. The molecule has 1 heterocycles. The van der Waals surface area contributed by atoms with Crippen LogP contribution in [0.25, 0.3) is 0 Å². The van der Waals surface area contributed by atoms with Gasteiger partial charge in [0.1, 0.15) is 0 Å². The third kappa shape index (κ3) is 3.04. The molecule has 22 heavy (non-hydrogen) atoms. The number of rotatable bonds is 3. The number of hydrogen-bond acceptors (Lipinski definition) is 2. The maximum Gasteiger partial charge on any atom is 0.261 e. The summed E-state index contributed by atoms with van der Waals surface area (Å²) in [6, 6.07) is 5.29. The molecule has 2 nitrogen and oxygen atoms in total. The number of hydrogen-bond donors (Lipinski definition) is 1. The summed E-state index contributed by atoms with van der Waals surface area (Å²) in [7, 11) is 0. The molecule has 3 rings (SSSR count). The molecule has 1 aliphatic carbocycles. The van der Waals surface area contributed by atoms with Gasteiger partial charge in [-0.2, -0.15) is 0 Å².